The van der Waals surface area contributed by atoms with E-state index in [1.807, 2.05) is 0 Å². The van der Waals surface area contributed by atoms with Crippen molar-refractivity contribution in [2.45, 2.75) is 32.4 Å². The Labute approximate surface area is 109 Å². The maximum Gasteiger partial charge on any atom is 0.315 e. The Kier molecular flexibility index (Phi) is 3.29. The number of nitrogens with zero attached hydrogens (tertiary/aromatic N) is 2. The second-order valence-corrected chi connectivity index (χ2v) is 5.69. The van der Waals surface area contributed by atoms with Crippen LogP contribution in [0.3, 0.4) is 0 Å². The molecule has 0 saturated carbocycles. The van der Waals surface area contributed by atoms with Crippen molar-refractivity contribution >= 4 is 17.4 Å². The molecule has 0 unspecified atom stereocenters. The quantitative estimate of drug-likeness (QED) is 0.921. The Hall–Kier alpha value is -1.40. The van der Waals surface area contributed by atoms with Gasteiger partial charge in [0.2, 0.25) is 5.89 Å². The second-order valence-electron chi connectivity index (χ2n) is 4.31. The molecule has 1 aliphatic rings. The SMILES string of the molecule is Cc1ccc(CNc2nnc([C@@H]3CCCO3)o2)s1. The normalized spacial score (nSPS) is 19.3. The molecule has 2 aromatic heterocycles. The second kappa shape index (κ2) is 5.07. The van der Waals surface area contributed by atoms with E-state index in [1.165, 1.54) is 9.75 Å². The van der Waals surface area contributed by atoms with Crippen LogP contribution in [0.5, 0.6) is 0 Å². The van der Waals surface area contributed by atoms with Gasteiger partial charge in [-0.2, -0.15) is 0 Å². The van der Waals surface area contributed by atoms with Gasteiger partial charge in [-0.25, -0.2) is 0 Å². The molecule has 0 aromatic carbocycles. The summed E-state index contributed by atoms with van der Waals surface area (Å²) < 4.78 is 11.0. The fourth-order valence-electron chi connectivity index (χ4n) is 1.95. The van der Waals surface area contributed by atoms with Crippen LogP contribution >= 0.6 is 11.3 Å². The zero-order valence-electron chi connectivity index (χ0n) is 10.2. The molecular weight excluding hydrogens is 250 g/mol. The van der Waals surface area contributed by atoms with Gasteiger partial charge in [0.25, 0.3) is 0 Å². The summed E-state index contributed by atoms with van der Waals surface area (Å²) in [7, 11) is 0. The maximum absolute atomic E-state index is 5.54. The fourth-order valence-corrected chi connectivity index (χ4v) is 2.78. The molecule has 1 aliphatic heterocycles. The number of aryl methyl sites for hydroxylation is 1. The van der Waals surface area contributed by atoms with Crippen LogP contribution in [-0.2, 0) is 11.3 Å². The van der Waals surface area contributed by atoms with Gasteiger partial charge in [-0.3, -0.25) is 0 Å². The average molecular weight is 265 g/mol. The van der Waals surface area contributed by atoms with Crippen molar-refractivity contribution in [3.05, 3.63) is 27.8 Å². The predicted molar refractivity (Wildman–Crippen MR) is 68.6 cm³/mol. The summed E-state index contributed by atoms with van der Waals surface area (Å²) in [6.45, 7) is 3.59. The minimum absolute atomic E-state index is 0.0166. The number of rotatable bonds is 4. The average Bonchev–Trinajstić information content (AvgIpc) is 3.07. The molecule has 0 spiro atoms. The fraction of sp³-hybridized carbons (Fsp3) is 0.500. The van der Waals surface area contributed by atoms with Crippen LogP contribution in [0.25, 0.3) is 0 Å². The summed E-state index contributed by atoms with van der Waals surface area (Å²) in [6, 6.07) is 4.67. The molecule has 0 aliphatic carbocycles. The van der Waals surface area contributed by atoms with E-state index in [1.54, 1.807) is 11.3 Å². The molecule has 18 heavy (non-hydrogen) atoms. The lowest BCUT2D eigenvalue weighted by Gasteiger charge is -2.02. The van der Waals surface area contributed by atoms with Gasteiger partial charge in [-0.1, -0.05) is 5.10 Å². The first-order chi connectivity index (χ1) is 8.81. The van der Waals surface area contributed by atoms with Crippen molar-refractivity contribution in [1.82, 2.24) is 10.2 Å². The Balaban J connectivity index is 1.59. The smallest absolute Gasteiger partial charge is 0.315 e. The number of nitrogens with one attached hydrogen (secondary N) is 1. The van der Waals surface area contributed by atoms with Crippen LogP contribution < -0.4 is 5.32 Å². The highest BCUT2D eigenvalue weighted by Crippen LogP contribution is 2.28. The number of aromatic nitrogens is 2. The number of hydrogen-bond donors (Lipinski definition) is 1. The summed E-state index contributed by atoms with van der Waals surface area (Å²) >= 11 is 1.76. The topological polar surface area (TPSA) is 60.2 Å². The third kappa shape index (κ3) is 2.54. The zero-order chi connectivity index (χ0) is 12.4. The largest absolute Gasteiger partial charge is 0.405 e. The molecule has 1 fully saturated rings. The third-order valence-corrected chi connectivity index (χ3v) is 3.86. The van der Waals surface area contributed by atoms with E-state index in [0.717, 1.165) is 19.4 Å². The van der Waals surface area contributed by atoms with Gasteiger partial charge in [0.15, 0.2) is 0 Å². The minimum atomic E-state index is -0.0166. The molecule has 1 saturated heterocycles. The van der Waals surface area contributed by atoms with Gasteiger partial charge >= 0.3 is 6.01 Å². The molecule has 96 valence electrons. The van der Waals surface area contributed by atoms with Crippen molar-refractivity contribution in [2.75, 3.05) is 11.9 Å². The van der Waals surface area contributed by atoms with Crippen LogP contribution in [0.15, 0.2) is 16.5 Å². The van der Waals surface area contributed by atoms with E-state index >= 15 is 0 Å². The Morgan fingerprint density at radius 2 is 2.39 bits per heavy atom. The lowest BCUT2D eigenvalue weighted by Crippen LogP contribution is -1.97. The highest BCUT2D eigenvalue weighted by atomic mass is 32.1. The van der Waals surface area contributed by atoms with Gasteiger partial charge in [-0.15, -0.1) is 16.4 Å². The van der Waals surface area contributed by atoms with Crippen molar-refractivity contribution in [3.8, 4) is 0 Å². The monoisotopic (exact) mass is 265 g/mol. The Morgan fingerprint density at radius 1 is 1.44 bits per heavy atom. The van der Waals surface area contributed by atoms with E-state index in [2.05, 4.69) is 34.6 Å². The van der Waals surface area contributed by atoms with Crippen LogP contribution in [0, 0.1) is 6.92 Å². The zero-order valence-corrected chi connectivity index (χ0v) is 11.0. The Morgan fingerprint density at radius 3 is 3.11 bits per heavy atom. The first-order valence-electron chi connectivity index (χ1n) is 6.05. The lowest BCUT2D eigenvalue weighted by molar-refractivity contribution is 0.0897. The van der Waals surface area contributed by atoms with E-state index in [9.17, 15) is 0 Å². The van der Waals surface area contributed by atoms with E-state index in [0.29, 0.717) is 18.5 Å². The van der Waals surface area contributed by atoms with Crippen LogP contribution in [0.4, 0.5) is 6.01 Å². The summed E-state index contributed by atoms with van der Waals surface area (Å²) in [5.74, 6) is 0.581. The molecule has 1 N–H and O–H groups in total. The molecule has 2 aromatic rings. The molecule has 3 heterocycles. The van der Waals surface area contributed by atoms with Crippen molar-refractivity contribution in [2.24, 2.45) is 0 Å². The summed E-state index contributed by atoms with van der Waals surface area (Å²) in [6.07, 6.45) is 2.01. The summed E-state index contributed by atoms with van der Waals surface area (Å²) in [5, 5.41) is 11.1. The lowest BCUT2D eigenvalue weighted by atomic mass is 10.2. The predicted octanol–water partition coefficient (Wildman–Crippen LogP) is 2.90. The maximum atomic E-state index is 5.54. The highest BCUT2D eigenvalue weighted by Gasteiger charge is 2.23. The van der Waals surface area contributed by atoms with Gasteiger partial charge in [-0.05, 0) is 31.9 Å². The van der Waals surface area contributed by atoms with E-state index in [-0.39, 0.29) is 6.10 Å². The van der Waals surface area contributed by atoms with E-state index in [4.69, 9.17) is 9.15 Å². The summed E-state index contributed by atoms with van der Waals surface area (Å²) in [5.41, 5.74) is 0. The molecule has 3 rings (SSSR count). The van der Waals surface area contributed by atoms with Crippen LogP contribution in [-0.4, -0.2) is 16.8 Å². The first kappa shape index (κ1) is 11.7. The van der Waals surface area contributed by atoms with Gasteiger partial charge in [0.05, 0.1) is 6.54 Å². The molecule has 0 bridgehead atoms. The first-order valence-corrected chi connectivity index (χ1v) is 6.87. The Bertz CT molecular complexity index is 517. The molecule has 6 heteroatoms. The number of thiophene rings is 1. The number of ether oxygens (including phenoxy) is 1. The van der Waals surface area contributed by atoms with Gasteiger partial charge in [0.1, 0.15) is 6.10 Å². The molecule has 0 radical (unpaired) electrons. The van der Waals surface area contributed by atoms with Crippen LogP contribution in [0.2, 0.25) is 0 Å². The van der Waals surface area contributed by atoms with Gasteiger partial charge in [0, 0.05) is 16.4 Å². The number of anilines is 1. The van der Waals surface area contributed by atoms with Crippen molar-refractivity contribution in [1.29, 1.82) is 0 Å². The summed E-state index contributed by atoms with van der Waals surface area (Å²) in [4.78, 5) is 2.56. The standard InChI is InChI=1S/C12H15N3O2S/c1-8-4-5-9(18-8)7-13-12-15-14-11(17-12)10-3-2-6-16-10/h4-5,10H,2-3,6-7H2,1H3,(H,13,15)/t10-/m0/s1. The van der Waals surface area contributed by atoms with Gasteiger partial charge < -0.3 is 14.5 Å². The third-order valence-electron chi connectivity index (χ3n) is 2.86. The molecular formula is C12H15N3O2S. The highest BCUT2D eigenvalue weighted by molar-refractivity contribution is 7.11. The molecule has 5 nitrogen and oxygen atoms in total. The molecule has 0 amide bonds. The minimum Gasteiger partial charge on any atom is -0.405 e. The van der Waals surface area contributed by atoms with E-state index < -0.39 is 0 Å². The van der Waals surface area contributed by atoms with Crippen LogP contribution in [0.1, 0.15) is 34.6 Å². The molecule has 1 atom stereocenters. The van der Waals surface area contributed by atoms with Crippen molar-refractivity contribution in [3.63, 3.8) is 0 Å². The number of hydrogen-bond acceptors (Lipinski definition) is 6. The van der Waals surface area contributed by atoms with Crippen molar-refractivity contribution < 1.29 is 9.15 Å².